The van der Waals surface area contributed by atoms with Gasteiger partial charge in [-0.05, 0) is 0 Å². The molecule has 0 spiro atoms. The summed E-state index contributed by atoms with van der Waals surface area (Å²) in [5.74, 6) is 2.45. The largest absolute Gasteiger partial charge is 0.600 e. The van der Waals surface area contributed by atoms with Gasteiger partial charge in [-0.3, -0.25) is 25.7 Å². The van der Waals surface area contributed by atoms with Gasteiger partial charge in [0.1, 0.15) is 9.85 Å². The highest BCUT2D eigenvalue weighted by molar-refractivity contribution is 4.91. The molecular weight excluding hydrogens is 158 g/mol. The fourth-order valence-electron chi connectivity index (χ4n) is 0.328. The first-order valence-corrected chi connectivity index (χ1v) is 2.25. The molecule has 0 saturated carbocycles. The SMILES string of the molecule is NNC(N)=C([N+](=O)[O-])[N+](=O)[O-]. The number of nitrogens with two attached hydrogens (primary N) is 2. The Balaban J connectivity index is 4.88. The van der Waals surface area contributed by atoms with Crippen LogP contribution in [0.2, 0.25) is 0 Å². The van der Waals surface area contributed by atoms with Gasteiger partial charge in [-0.1, -0.05) is 0 Å². The third kappa shape index (κ3) is 2.06. The van der Waals surface area contributed by atoms with Gasteiger partial charge < -0.3 is 5.73 Å². The smallest absolute Gasteiger partial charge is 0.373 e. The molecule has 9 heteroatoms. The monoisotopic (exact) mass is 163 g/mol. The minimum atomic E-state index is -1.37. The number of hydrazine groups is 1. The van der Waals surface area contributed by atoms with Crippen molar-refractivity contribution in [1.29, 1.82) is 0 Å². The number of nitrogens with zero attached hydrogens (tertiary/aromatic N) is 2. The summed E-state index contributed by atoms with van der Waals surface area (Å²) < 4.78 is 0. The zero-order valence-corrected chi connectivity index (χ0v) is 5.18. The third-order valence-electron chi connectivity index (χ3n) is 0.742. The highest BCUT2D eigenvalue weighted by Crippen LogP contribution is 1.96. The van der Waals surface area contributed by atoms with Crippen LogP contribution in [0.15, 0.2) is 11.6 Å². The summed E-state index contributed by atoms with van der Waals surface area (Å²) in [6.07, 6.45) is 0. The lowest BCUT2D eigenvalue weighted by Crippen LogP contribution is -2.32. The zero-order valence-electron chi connectivity index (χ0n) is 5.18. The summed E-state index contributed by atoms with van der Waals surface area (Å²) >= 11 is 0. The second-order valence-corrected chi connectivity index (χ2v) is 1.40. The number of nitrogens with one attached hydrogen (secondary N) is 1. The van der Waals surface area contributed by atoms with Crippen molar-refractivity contribution in [2.75, 3.05) is 0 Å². The van der Waals surface area contributed by atoms with Crippen molar-refractivity contribution < 1.29 is 9.85 Å². The topological polar surface area (TPSA) is 150 Å². The van der Waals surface area contributed by atoms with E-state index in [2.05, 4.69) is 5.84 Å². The molecule has 0 radical (unpaired) electrons. The van der Waals surface area contributed by atoms with Crippen molar-refractivity contribution in [3.63, 3.8) is 0 Å². The molecule has 0 rings (SSSR count). The van der Waals surface area contributed by atoms with Crippen LogP contribution in [0.25, 0.3) is 0 Å². The van der Waals surface area contributed by atoms with Gasteiger partial charge in [0.05, 0.1) is 0 Å². The summed E-state index contributed by atoms with van der Waals surface area (Å²) in [5, 5.41) is 19.7. The first kappa shape index (κ1) is 9.10. The maximum atomic E-state index is 9.87. The van der Waals surface area contributed by atoms with Crippen molar-refractivity contribution in [3.05, 3.63) is 31.9 Å². The Morgan fingerprint density at radius 3 is 1.73 bits per heavy atom. The normalized spacial score (nSPS) is 8.45. The Bertz CT molecular complexity index is 205. The van der Waals surface area contributed by atoms with E-state index in [1.807, 2.05) is 0 Å². The van der Waals surface area contributed by atoms with Gasteiger partial charge in [-0.2, -0.15) is 0 Å². The molecule has 0 aromatic rings. The van der Waals surface area contributed by atoms with Crippen LogP contribution in [0.5, 0.6) is 0 Å². The van der Waals surface area contributed by atoms with Crippen LogP contribution in [0.4, 0.5) is 0 Å². The molecule has 0 saturated heterocycles. The van der Waals surface area contributed by atoms with Gasteiger partial charge in [0, 0.05) is 0 Å². The van der Waals surface area contributed by atoms with Crippen LogP contribution in [0, 0.1) is 20.2 Å². The van der Waals surface area contributed by atoms with Crippen molar-refractivity contribution >= 4 is 0 Å². The molecule has 62 valence electrons. The Labute approximate surface area is 59.9 Å². The molecule has 0 fully saturated rings. The predicted octanol–water partition coefficient (Wildman–Crippen LogP) is -1.91. The van der Waals surface area contributed by atoms with Crippen LogP contribution in [0.1, 0.15) is 0 Å². The van der Waals surface area contributed by atoms with E-state index in [9.17, 15) is 20.2 Å². The third-order valence-corrected chi connectivity index (χ3v) is 0.742. The average molecular weight is 163 g/mol. The summed E-state index contributed by atoms with van der Waals surface area (Å²) in [6.45, 7) is 0. The molecule has 0 atom stereocenters. The minimum absolute atomic E-state index is 0.792. The number of hydrogen-bond donors (Lipinski definition) is 3. The number of rotatable bonds is 3. The molecule has 0 aromatic carbocycles. The van der Waals surface area contributed by atoms with Crippen molar-refractivity contribution in [2.24, 2.45) is 11.6 Å². The fraction of sp³-hybridized carbons (Fsp3) is 0. The molecule has 0 unspecified atom stereocenters. The molecule has 0 bridgehead atoms. The van der Waals surface area contributed by atoms with Gasteiger partial charge in [0.15, 0.2) is 0 Å². The standard InChI is InChI=1S/C2H5N5O4/c3-1(5-4)2(6(8)9)7(10)11/h5H,3-4H2. The molecule has 0 aliphatic carbocycles. The van der Waals surface area contributed by atoms with Crippen LogP contribution < -0.4 is 17.0 Å². The van der Waals surface area contributed by atoms with Crippen molar-refractivity contribution in [2.45, 2.75) is 0 Å². The van der Waals surface area contributed by atoms with E-state index >= 15 is 0 Å². The highest BCUT2D eigenvalue weighted by atomic mass is 16.7. The molecule has 0 aromatic heterocycles. The molecule has 11 heavy (non-hydrogen) atoms. The van der Waals surface area contributed by atoms with E-state index < -0.39 is 21.5 Å². The quantitative estimate of drug-likeness (QED) is 0.249. The first-order chi connectivity index (χ1) is 5.00. The molecule has 0 heterocycles. The first-order valence-electron chi connectivity index (χ1n) is 2.25. The zero-order chi connectivity index (χ0) is 9.02. The summed E-state index contributed by atoms with van der Waals surface area (Å²) in [5.41, 5.74) is 6.38. The van der Waals surface area contributed by atoms with Crippen molar-refractivity contribution in [3.8, 4) is 0 Å². The van der Waals surface area contributed by atoms with Gasteiger partial charge in [-0.15, -0.1) is 0 Å². The molecule has 0 amide bonds. The second kappa shape index (κ2) is 3.31. The van der Waals surface area contributed by atoms with E-state index in [-0.39, 0.29) is 0 Å². The van der Waals surface area contributed by atoms with E-state index in [0.717, 1.165) is 0 Å². The summed E-state index contributed by atoms with van der Waals surface area (Å²) in [6, 6.07) is 0. The van der Waals surface area contributed by atoms with Crippen LogP contribution in [-0.2, 0) is 0 Å². The Morgan fingerprint density at radius 1 is 1.27 bits per heavy atom. The Hall–Kier alpha value is -1.90. The van der Waals surface area contributed by atoms with Gasteiger partial charge in [0.2, 0.25) is 0 Å². The molecule has 0 aliphatic rings. The van der Waals surface area contributed by atoms with Crippen LogP contribution >= 0.6 is 0 Å². The summed E-state index contributed by atoms with van der Waals surface area (Å²) in [7, 11) is 0. The van der Waals surface area contributed by atoms with E-state index in [0.29, 0.717) is 0 Å². The second-order valence-electron chi connectivity index (χ2n) is 1.40. The lowest BCUT2D eigenvalue weighted by molar-refractivity contribution is -0.617. The minimum Gasteiger partial charge on any atom is -0.373 e. The van der Waals surface area contributed by atoms with E-state index in [1.165, 1.54) is 0 Å². The number of hydrogen-bond acceptors (Lipinski definition) is 7. The van der Waals surface area contributed by atoms with E-state index in [1.54, 1.807) is 5.43 Å². The van der Waals surface area contributed by atoms with Crippen LogP contribution in [-0.4, -0.2) is 9.85 Å². The van der Waals surface area contributed by atoms with Gasteiger partial charge >= 0.3 is 5.82 Å². The highest BCUT2D eigenvalue weighted by Gasteiger charge is 2.30. The lowest BCUT2D eigenvalue weighted by atomic mass is 10.7. The summed E-state index contributed by atoms with van der Waals surface area (Å²) in [4.78, 5) is 17.3. The van der Waals surface area contributed by atoms with E-state index in [4.69, 9.17) is 5.73 Å². The molecule has 9 nitrogen and oxygen atoms in total. The predicted molar refractivity (Wildman–Crippen MR) is 32.5 cm³/mol. The van der Waals surface area contributed by atoms with Crippen molar-refractivity contribution in [1.82, 2.24) is 5.43 Å². The Kier molecular flexibility index (Phi) is 2.74. The number of nitro groups is 2. The van der Waals surface area contributed by atoms with Gasteiger partial charge in [0.25, 0.3) is 5.82 Å². The molecular formula is C2H5N5O4. The average Bonchev–Trinajstić information content (AvgIpc) is 1.85. The Morgan fingerprint density at radius 2 is 1.64 bits per heavy atom. The maximum absolute atomic E-state index is 9.87. The molecule has 0 aliphatic heterocycles. The maximum Gasteiger partial charge on any atom is 0.600 e. The van der Waals surface area contributed by atoms with Gasteiger partial charge in [-0.25, -0.2) is 5.84 Å². The fourth-order valence-corrected chi connectivity index (χ4v) is 0.328. The lowest BCUT2D eigenvalue weighted by Gasteiger charge is -1.93. The molecule has 5 N–H and O–H groups in total. The van der Waals surface area contributed by atoms with Crippen LogP contribution in [0.3, 0.4) is 0 Å².